The third kappa shape index (κ3) is 1.68. The van der Waals surface area contributed by atoms with Crippen LogP contribution in [0.5, 0.6) is 0 Å². The first-order valence-electron chi connectivity index (χ1n) is 4.94. The third-order valence-corrected chi connectivity index (χ3v) is 2.59. The number of pyridine rings is 1. The minimum absolute atomic E-state index is 0.364. The highest BCUT2D eigenvalue weighted by atomic mass is 32.1. The van der Waals surface area contributed by atoms with Crippen LogP contribution in [0, 0.1) is 4.77 Å². The Hall–Kier alpha value is -2.21. The van der Waals surface area contributed by atoms with E-state index in [2.05, 4.69) is 15.0 Å². The van der Waals surface area contributed by atoms with Crippen molar-refractivity contribution in [2.45, 2.75) is 0 Å². The first-order valence-corrected chi connectivity index (χ1v) is 5.34. The summed E-state index contributed by atoms with van der Waals surface area (Å²) in [5.74, 6) is 0.602. The van der Waals surface area contributed by atoms with Crippen molar-refractivity contribution in [3.8, 4) is 11.5 Å². The molecule has 0 aliphatic heterocycles. The van der Waals surface area contributed by atoms with Crippen LogP contribution in [0.1, 0.15) is 0 Å². The Morgan fingerprint density at radius 3 is 3.06 bits per heavy atom. The molecule has 0 bridgehead atoms. The molecule has 5 nitrogen and oxygen atoms in total. The fourth-order valence-corrected chi connectivity index (χ4v) is 1.76. The van der Waals surface area contributed by atoms with E-state index in [0.717, 1.165) is 5.39 Å². The molecule has 0 spiro atoms. The predicted molar refractivity (Wildman–Crippen MR) is 66.8 cm³/mol. The number of hydrogen-bond acceptors (Lipinski definition) is 5. The fourth-order valence-electron chi connectivity index (χ4n) is 1.60. The van der Waals surface area contributed by atoms with E-state index in [1.165, 1.54) is 6.20 Å². The SMILES string of the molecule is Nc1cnc(=S)[nH]c1-c1cc2cccnc2o1. The number of nitrogens with one attached hydrogen (secondary N) is 1. The van der Waals surface area contributed by atoms with Crippen molar-refractivity contribution in [2.75, 3.05) is 5.73 Å². The van der Waals surface area contributed by atoms with Gasteiger partial charge in [-0.25, -0.2) is 9.97 Å². The predicted octanol–water partition coefficient (Wildman–Crippen LogP) is 2.53. The zero-order valence-electron chi connectivity index (χ0n) is 8.68. The number of H-pyrrole nitrogens is 1. The monoisotopic (exact) mass is 244 g/mol. The van der Waals surface area contributed by atoms with Crippen molar-refractivity contribution in [3.63, 3.8) is 0 Å². The summed E-state index contributed by atoms with van der Waals surface area (Å²) in [4.78, 5) is 10.9. The molecule has 3 heterocycles. The Bertz CT molecular complexity index is 713. The maximum Gasteiger partial charge on any atom is 0.226 e. The normalized spacial score (nSPS) is 10.8. The van der Waals surface area contributed by atoms with Gasteiger partial charge in [0, 0.05) is 11.6 Å². The minimum atomic E-state index is 0.364. The van der Waals surface area contributed by atoms with Crippen molar-refractivity contribution in [1.82, 2.24) is 15.0 Å². The number of hydrogen-bond donors (Lipinski definition) is 2. The van der Waals surface area contributed by atoms with Gasteiger partial charge in [-0.2, -0.15) is 0 Å². The lowest BCUT2D eigenvalue weighted by Crippen LogP contribution is -1.94. The second kappa shape index (κ2) is 3.67. The molecule has 0 radical (unpaired) electrons. The first kappa shape index (κ1) is 9.98. The molecule has 0 saturated heterocycles. The van der Waals surface area contributed by atoms with Gasteiger partial charge in [-0.15, -0.1) is 0 Å². The average molecular weight is 244 g/mol. The van der Waals surface area contributed by atoms with Crippen molar-refractivity contribution in [3.05, 3.63) is 35.4 Å². The van der Waals surface area contributed by atoms with Gasteiger partial charge in [0.2, 0.25) is 5.71 Å². The molecule has 0 atom stereocenters. The summed E-state index contributed by atoms with van der Waals surface area (Å²) >= 11 is 4.96. The summed E-state index contributed by atoms with van der Waals surface area (Å²) < 4.78 is 5.96. The Balaban J connectivity index is 2.27. The van der Waals surface area contributed by atoms with Crippen LogP contribution in [0.2, 0.25) is 0 Å². The summed E-state index contributed by atoms with van der Waals surface area (Å²) in [5.41, 5.74) is 7.50. The highest BCUT2D eigenvalue weighted by Crippen LogP contribution is 2.28. The summed E-state index contributed by atoms with van der Waals surface area (Å²) in [6.45, 7) is 0. The number of fused-ring (bicyclic) bond motifs is 1. The molecule has 84 valence electrons. The Kier molecular flexibility index (Phi) is 2.15. The fraction of sp³-hybridized carbons (Fsp3) is 0. The number of rotatable bonds is 1. The number of nitrogens with two attached hydrogens (primary N) is 1. The number of anilines is 1. The van der Waals surface area contributed by atoms with E-state index in [-0.39, 0.29) is 0 Å². The Morgan fingerprint density at radius 2 is 2.24 bits per heavy atom. The lowest BCUT2D eigenvalue weighted by Gasteiger charge is -2.00. The molecule has 3 rings (SSSR count). The largest absolute Gasteiger partial charge is 0.436 e. The van der Waals surface area contributed by atoms with Gasteiger partial charge in [0.15, 0.2) is 10.5 Å². The van der Waals surface area contributed by atoms with Crippen LogP contribution >= 0.6 is 12.2 Å². The lowest BCUT2D eigenvalue weighted by atomic mass is 10.2. The van der Waals surface area contributed by atoms with E-state index >= 15 is 0 Å². The van der Waals surface area contributed by atoms with Gasteiger partial charge >= 0.3 is 0 Å². The van der Waals surface area contributed by atoms with Crippen LogP contribution < -0.4 is 5.73 Å². The van der Waals surface area contributed by atoms with Gasteiger partial charge in [-0.3, -0.25) is 0 Å². The van der Waals surface area contributed by atoms with Crippen LogP contribution in [0.15, 0.2) is 35.0 Å². The summed E-state index contributed by atoms with van der Waals surface area (Å²) in [7, 11) is 0. The molecule has 0 aliphatic rings. The smallest absolute Gasteiger partial charge is 0.226 e. The summed E-state index contributed by atoms with van der Waals surface area (Å²) in [6, 6.07) is 5.63. The molecular weight excluding hydrogens is 236 g/mol. The van der Waals surface area contributed by atoms with Crippen LogP contribution in [0.3, 0.4) is 0 Å². The minimum Gasteiger partial charge on any atom is -0.436 e. The van der Waals surface area contributed by atoms with E-state index in [0.29, 0.717) is 27.6 Å². The molecule has 3 aromatic rings. The number of aromatic nitrogens is 3. The quantitative estimate of drug-likeness (QED) is 0.643. The van der Waals surface area contributed by atoms with Crippen LogP contribution in [0.25, 0.3) is 22.6 Å². The van der Waals surface area contributed by atoms with Gasteiger partial charge in [0.05, 0.1) is 11.9 Å². The van der Waals surface area contributed by atoms with Gasteiger partial charge < -0.3 is 15.1 Å². The molecule has 0 aromatic carbocycles. The molecule has 0 amide bonds. The molecule has 3 N–H and O–H groups in total. The van der Waals surface area contributed by atoms with Crippen molar-refractivity contribution in [2.24, 2.45) is 0 Å². The van der Waals surface area contributed by atoms with Crippen molar-refractivity contribution >= 4 is 29.0 Å². The summed E-state index contributed by atoms with van der Waals surface area (Å²) in [6.07, 6.45) is 3.18. The molecular formula is C11H8N4OS. The Labute approximate surface area is 101 Å². The standard InChI is InChI=1S/C11H8N4OS/c12-7-5-14-11(17)15-9(7)8-4-6-2-1-3-13-10(6)16-8/h1-5H,12H2,(H,14,15,17). The highest BCUT2D eigenvalue weighted by molar-refractivity contribution is 7.71. The van der Waals surface area contributed by atoms with E-state index in [9.17, 15) is 0 Å². The highest BCUT2D eigenvalue weighted by Gasteiger charge is 2.10. The maximum absolute atomic E-state index is 5.82. The molecule has 0 saturated carbocycles. The van der Waals surface area contributed by atoms with Crippen molar-refractivity contribution < 1.29 is 4.42 Å². The van der Waals surface area contributed by atoms with Gasteiger partial charge in [0.1, 0.15) is 5.69 Å². The van der Waals surface area contributed by atoms with Crippen LogP contribution in [0.4, 0.5) is 5.69 Å². The topological polar surface area (TPSA) is 80.7 Å². The van der Waals surface area contributed by atoms with E-state index in [4.69, 9.17) is 22.4 Å². The number of aromatic amines is 1. The van der Waals surface area contributed by atoms with Crippen molar-refractivity contribution in [1.29, 1.82) is 0 Å². The van der Waals surface area contributed by atoms with E-state index < -0.39 is 0 Å². The molecule has 0 unspecified atom stereocenters. The van der Waals surface area contributed by atoms with Crippen LogP contribution in [-0.2, 0) is 0 Å². The van der Waals surface area contributed by atoms with Gasteiger partial charge in [0.25, 0.3) is 0 Å². The maximum atomic E-state index is 5.82. The second-order valence-corrected chi connectivity index (χ2v) is 3.91. The molecule has 6 heteroatoms. The van der Waals surface area contributed by atoms with Gasteiger partial charge in [-0.1, -0.05) is 0 Å². The number of nitrogens with zero attached hydrogens (tertiary/aromatic N) is 2. The zero-order chi connectivity index (χ0) is 11.8. The first-order chi connectivity index (χ1) is 8.24. The Morgan fingerprint density at radius 1 is 1.35 bits per heavy atom. The van der Waals surface area contributed by atoms with E-state index in [1.807, 2.05) is 18.2 Å². The molecule has 0 fully saturated rings. The summed E-state index contributed by atoms with van der Waals surface area (Å²) in [5, 5.41) is 0.915. The molecule has 17 heavy (non-hydrogen) atoms. The molecule has 0 aliphatic carbocycles. The third-order valence-electron chi connectivity index (χ3n) is 2.38. The second-order valence-electron chi connectivity index (χ2n) is 3.53. The van der Waals surface area contributed by atoms with Crippen LogP contribution in [-0.4, -0.2) is 15.0 Å². The van der Waals surface area contributed by atoms with E-state index in [1.54, 1.807) is 6.20 Å². The average Bonchev–Trinajstić information content (AvgIpc) is 2.75. The number of nitrogen functional groups attached to an aromatic ring is 1. The zero-order valence-corrected chi connectivity index (χ0v) is 9.49. The lowest BCUT2D eigenvalue weighted by molar-refractivity contribution is 0.616. The molecule has 3 aromatic heterocycles. The van der Waals surface area contributed by atoms with Gasteiger partial charge in [-0.05, 0) is 30.4 Å². The number of furan rings is 1.